The van der Waals surface area contributed by atoms with Gasteiger partial charge in [0.05, 0.1) is 11.8 Å². The van der Waals surface area contributed by atoms with Crippen LogP contribution in [0.1, 0.15) is 18.4 Å². The minimum atomic E-state index is -0.981. The molecule has 1 aliphatic carbocycles. The van der Waals surface area contributed by atoms with Crippen LogP contribution in [-0.2, 0) is 9.59 Å². The summed E-state index contributed by atoms with van der Waals surface area (Å²) in [6.07, 6.45) is 4.31. The van der Waals surface area contributed by atoms with Crippen molar-refractivity contribution in [2.24, 2.45) is 11.8 Å². The molecule has 5 heteroatoms. The molecule has 1 aromatic rings. The van der Waals surface area contributed by atoms with Gasteiger partial charge in [0.1, 0.15) is 5.82 Å². The van der Waals surface area contributed by atoms with Gasteiger partial charge in [0.15, 0.2) is 0 Å². The molecule has 1 aromatic carbocycles. The van der Waals surface area contributed by atoms with Crippen LogP contribution in [0.4, 0.5) is 10.1 Å². The van der Waals surface area contributed by atoms with E-state index in [1.54, 1.807) is 19.1 Å². The standard InChI is InChI=1S/C15H16FNO3/c1-9-12(16)7-4-8-13(9)17-14(18)10-5-2-3-6-11(10)15(19)20/h2-4,7-8,10-11H,5-6H2,1H3,(H,17,18)(H,19,20)/t10-,11+/m1/s1. The van der Waals surface area contributed by atoms with Crippen molar-refractivity contribution in [2.45, 2.75) is 19.8 Å². The molecule has 1 amide bonds. The molecule has 2 rings (SSSR count). The minimum absolute atomic E-state index is 0.343. The summed E-state index contributed by atoms with van der Waals surface area (Å²) in [6.45, 7) is 1.57. The lowest BCUT2D eigenvalue weighted by atomic mass is 9.82. The van der Waals surface area contributed by atoms with Crippen LogP contribution in [0, 0.1) is 24.6 Å². The van der Waals surface area contributed by atoms with Gasteiger partial charge < -0.3 is 10.4 Å². The molecule has 0 heterocycles. The van der Waals surface area contributed by atoms with Crippen LogP contribution >= 0.6 is 0 Å². The fraction of sp³-hybridized carbons (Fsp3) is 0.333. The first kappa shape index (κ1) is 14.2. The van der Waals surface area contributed by atoms with Gasteiger partial charge in [-0.15, -0.1) is 0 Å². The second kappa shape index (κ2) is 5.86. The predicted octanol–water partition coefficient (Wildman–Crippen LogP) is 2.74. The molecule has 2 N–H and O–H groups in total. The number of allylic oxidation sites excluding steroid dienone is 2. The van der Waals surface area contributed by atoms with Crippen molar-refractivity contribution in [3.8, 4) is 0 Å². The molecular formula is C15H16FNO3. The predicted molar refractivity (Wildman–Crippen MR) is 72.8 cm³/mol. The SMILES string of the molecule is Cc1c(F)cccc1NC(=O)[C@@H]1CC=CC[C@@H]1C(=O)O. The smallest absolute Gasteiger partial charge is 0.307 e. The van der Waals surface area contributed by atoms with Gasteiger partial charge in [-0.3, -0.25) is 9.59 Å². The summed E-state index contributed by atoms with van der Waals surface area (Å²) in [7, 11) is 0. The monoisotopic (exact) mass is 277 g/mol. The maximum absolute atomic E-state index is 13.4. The average Bonchev–Trinajstić information content (AvgIpc) is 2.43. The Morgan fingerprint density at radius 2 is 1.90 bits per heavy atom. The van der Waals surface area contributed by atoms with E-state index in [1.165, 1.54) is 12.1 Å². The van der Waals surface area contributed by atoms with Crippen LogP contribution in [0.2, 0.25) is 0 Å². The fourth-order valence-corrected chi connectivity index (χ4v) is 2.35. The molecule has 20 heavy (non-hydrogen) atoms. The molecule has 0 aromatic heterocycles. The fourth-order valence-electron chi connectivity index (χ4n) is 2.35. The number of halogens is 1. The minimum Gasteiger partial charge on any atom is -0.481 e. The molecule has 106 valence electrons. The molecule has 4 nitrogen and oxygen atoms in total. The lowest BCUT2D eigenvalue weighted by Crippen LogP contribution is -2.34. The summed E-state index contributed by atoms with van der Waals surface area (Å²) in [5.41, 5.74) is 0.729. The van der Waals surface area contributed by atoms with E-state index in [1.807, 2.05) is 6.08 Å². The Hall–Kier alpha value is -2.17. The summed E-state index contributed by atoms with van der Waals surface area (Å²) in [5.74, 6) is -3.11. The number of aliphatic carboxylic acids is 1. The number of hydrogen-bond donors (Lipinski definition) is 2. The van der Waals surface area contributed by atoms with Crippen molar-refractivity contribution in [1.82, 2.24) is 0 Å². The van der Waals surface area contributed by atoms with Crippen LogP contribution in [-0.4, -0.2) is 17.0 Å². The van der Waals surface area contributed by atoms with Crippen LogP contribution in [0.5, 0.6) is 0 Å². The quantitative estimate of drug-likeness (QED) is 0.835. The van der Waals surface area contributed by atoms with Crippen molar-refractivity contribution >= 4 is 17.6 Å². The van der Waals surface area contributed by atoms with E-state index in [0.717, 1.165) is 0 Å². The van der Waals surface area contributed by atoms with Gasteiger partial charge in [0, 0.05) is 11.3 Å². The van der Waals surface area contributed by atoms with Crippen molar-refractivity contribution in [1.29, 1.82) is 0 Å². The van der Waals surface area contributed by atoms with Gasteiger partial charge in [-0.2, -0.15) is 0 Å². The molecular weight excluding hydrogens is 261 g/mol. The third-order valence-corrected chi connectivity index (χ3v) is 3.61. The Labute approximate surface area is 116 Å². The zero-order valence-electron chi connectivity index (χ0n) is 11.1. The van der Waals surface area contributed by atoms with Crippen LogP contribution in [0.15, 0.2) is 30.4 Å². The van der Waals surface area contributed by atoms with Gasteiger partial charge >= 0.3 is 5.97 Å². The highest BCUT2D eigenvalue weighted by atomic mass is 19.1. The largest absolute Gasteiger partial charge is 0.481 e. The number of hydrogen-bond acceptors (Lipinski definition) is 2. The van der Waals surface area contributed by atoms with Gasteiger partial charge in [-0.05, 0) is 31.9 Å². The molecule has 0 unspecified atom stereocenters. The Morgan fingerprint density at radius 1 is 1.25 bits per heavy atom. The number of carboxylic acid groups (broad SMARTS) is 1. The number of carbonyl (C=O) groups excluding carboxylic acids is 1. The van der Waals surface area contributed by atoms with E-state index >= 15 is 0 Å². The molecule has 0 saturated heterocycles. The molecule has 0 bridgehead atoms. The van der Waals surface area contributed by atoms with Gasteiger partial charge in [-0.25, -0.2) is 4.39 Å². The zero-order valence-corrected chi connectivity index (χ0v) is 11.1. The van der Waals surface area contributed by atoms with Crippen LogP contribution in [0.3, 0.4) is 0 Å². The third-order valence-electron chi connectivity index (χ3n) is 3.61. The lowest BCUT2D eigenvalue weighted by molar-refractivity contribution is -0.146. The number of benzene rings is 1. The highest BCUT2D eigenvalue weighted by molar-refractivity contribution is 5.96. The second-order valence-electron chi connectivity index (χ2n) is 4.90. The van der Waals surface area contributed by atoms with Gasteiger partial charge in [0.25, 0.3) is 0 Å². The number of nitrogens with one attached hydrogen (secondary N) is 1. The number of rotatable bonds is 3. The first-order chi connectivity index (χ1) is 9.50. The molecule has 2 atom stereocenters. The molecule has 0 fully saturated rings. The Balaban J connectivity index is 2.17. The topological polar surface area (TPSA) is 66.4 Å². The van der Waals surface area contributed by atoms with Crippen molar-refractivity contribution in [2.75, 3.05) is 5.32 Å². The summed E-state index contributed by atoms with van der Waals surface area (Å²) in [5, 5.41) is 11.8. The average molecular weight is 277 g/mol. The summed E-state index contributed by atoms with van der Waals surface area (Å²) in [4.78, 5) is 23.4. The van der Waals surface area contributed by atoms with E-state index in [-0.39, 0.29) is 5.91 Å². The van der Waals surface area contributed by atoms with E-state index in [4.69, 9.17) is 5.11 Å². The molecule has 0 aliphatic heterocycles. The number of carbonyl (C=O) groups is 2. The van der Waals surface area contributed by atoms with Crippen molar-refractivity contribution in [3.05, 3.63) is 41.7 Å². The Morgan fingerprint density at radius 3 is 2.55 bits per heavy atom. The van der Waals surface area contributed by atoms with Crippen molar-refractivity contribution < 1.29 is 19.1 Å². The van der Waals surface area contributed by atoms with Gasteiger partial charge in [0.2, 0.25) is 5.91 Å². The number of carboxylic acids is 1. The van der Waals surface area contributed by atoms with Gasteiger partial charge in [-0.1, -0.05) is 18.2 Å². The zero-order chi connectivity index (χ0) is 14.7. The molecule has 1 aliphatic rings. The van der Waals surface area contributed by atoms with E-state index < -0.39 is 23.6 Å². The number of amides is 1. The summed E-state index contributed by atoms with van der Waals surface area (Å²) >= 11 is 0. The molecule has 0 spiro atoms. The van der Waals surface area contributed by atoms with E-state index in [2.05, 4.69) is 5.32 Å². The first-order valence-corrected chi connectivity index (χ1v) is 6.44. The maximum atomic E-state index is 13.4. The normalized spacial score (nSPS) is 21.5. The number of anilines is 1. The van der Waals surface area contributed by atoms with E-state index in [9.17, 15) is 14.0 Å². The second-order valence-corrected chi connectivity index (χ2v) is 4.90. The third kappa shape index (κ3) is 2.87. The highest BCUT2D eigenvalue weighted by Gasteiger charge is 2.34. The first-order valence-electron chi connectivity index (χ1n) is 6.44. The highest BCUT2D eigenvalue weighted by Crippen LogP contribution is 2.28. The molecule has 0 saturated carbocycles. The maximum Gasteiger partial charge on any atom is 0.307 e. The Bertz CT molecular complexity index is 568. The molecule has 0 radical (unpaired) electrons. The summed E-state index contributed by atoms with van der Waals surface area (Å²) in [6, 6.07) is 4.42. The Kier molecular flexibility index (Phi) is 4.17. The lowest BCUT2D eigenvalue weighted by Gasteiger charge is -2.24. The van der Waals surface area contributed by atoms with Crippen LogP contribution < -0.4 is 5.32 Å². The van der Waals surface area contributed by atoms with Crippen LogP contribution in [0.25, 0.3) is 0 Å². The summed E-state index contributed by atoms with van der Waals surface area (Å²) < 4.78 is 13.4. The van der Waals surface area contributed by atoms with Crippen molar-refractivity contribution in [3.63, 3.8) is 0 Å². The van der Waals surface area contributed by atoms with E-state index in [0.29, 0.717) is 24.1 Å².